The van der Waals surface area contributed by atoms with Crippen LogP contribution in [-0.4, -0.2) is 26.8 Å². The average molecular weight is 221 g/mol. The van der Waals surface area contributed by atoms with Gasteiger partial charge in [-0.3, -0.25) is 4.79 Å². The zero-order valence-electron chi connectivity index (χ0n) is 9.18. The number of aromatic nitrogens is 3. The third-order valence-corrected chi connectivity index (χ3v) is 2.50. The highest BCUT2D eigenvalue weighted by Crippen LogP contribution is 2.24. The minimum Gasteiger partial charge on any atom is -0.505 e. The fraction of sp³-hybridized carbons (Fsp3) is 0.300. The predicted molar refractivity (Wildman–Crippen MR) is 57.7 cm³/mol. The number of hydrogen-bond donors (Lipinski definition) is 1. The van der Waals surface area contributed by atoms with Gasteiger partial charge in [-0.25, -0.2) is 4.98 Å². The van der Waals surface area contributed by atoms with Crippen molar-refractivity contribution in [1.29, 1.82) is 0 Å². The van der Waals surface area contributed by atoms with Gasteiger partial charge in [-0.05, 0) is 6.92 Å². The molecule has 0 aliphatic heterocycles. The summed E-state index contributed by atoms with van der Waals surface area (Å²) in [6.45, 7) is 1.55. The van der Waals surface area contributed by atoms with E-state index in [1.54, 1.807) is 14.0 Å². The molecule has 16 heavy (non-hydrogen) atoms. The second-order valence-corrected chi connectivity index (χ2v) is 3.43. The smallest absolute Gasteiger partial charge is 0.316 e. The normalized spacial score (nSPS) is 10.7. The summed E-state index contributed by atoms with van der Waals surface area (Å²) in [6, 6.07) is 0.154. The molecule has 0 fully saturated rings. The summed E-state index contributed by atoms with van der Waals surface area (Å²) in [4.78, 5) is 19.6. The molecule has 0 aliphatic carbocycles. The molecule has 0 saturated heterocycles. The number of rotatable bonds is 1. The molecule has 0 radical (unpaired) electrons. The van der Waals surface area contributed by atoms with Gasteiger partial charge in [0.25, 0.3) is 5.56 Å². The van der Waals surface area contributed by atoms with Crippen LogP contribution in [0, 0.1) is 6.92 Å². The molecule has 1 N–H and O–H groups in total. The van der Waals surface area contributed by atoms with Crippen LogP contribution in [-0.2, 0) is 7.05 Å². The molecule has 0 atom stereocenters. The summed E-state index contributed by atoms with van der Waals surface area (Å²) < 4.78 is 6.26. The molecule has 6 nitrogen and oxygen atoms in total. The van der Waals surface area contributed by atoms with Gasteiger partial charge in [-0.15, -0.1) is 0 Å². The Balaban J connectivity index is 2.97. The van der Waals surface area contributed by atoms with Gasteiger partial charge in [-0.2, -0.15) is 4.98 Å². The van der Waals surface area contributed by atoms with E-state index in [1.165, 1.54) is 17.9 Å². The first kappa shape index (κ1) is 10.4. The maximum atomic E-state index is 11.7. The van der Waals surface area contributed by atoms with Crippen molar-refractivity contribution in [2.75, 3.05) is 7.11 Å². The lowest BCUT2D eigenvalue weighted by Gasteiger charge is -2.08. The van der Waals surface area contributed by atoms with E-state index >= 15 is 0 Å². The third kappa shape index (κ3) is 1.30. The number of ether oxygens (including phenoxy) is 1. The highest BCUT2D eigenvalue weighted by atomic mass is 16.5. The van der Waals surface area contributed by atoms with Crippen molar-refractivity contribution in [3.05, 3.63) is 22.1 Å². The lowest BCUT2D eigenvalue weighted by atomic mass is 10.2. The molecule has 0 spiro atoms. The first-order valence-corrected chi connectivity index (χ1v) is 4.65. The standard InChI is InChI=1S/C10H11N3O3/c1-5-8(14)7-6(13(2)9(5)15)4-11-10(12-7)16-3/h4,14H,1-3H3. The molecule has 2 heterocycles. The second kappa shape index (κ2) is 3.48. The van der Waals surface area contributed by atoms with E-state index in [1.807, 2.05) is 0 Å². The molecule has 2 aromatic heterocycles. The largest absolute Gasteiger partial charge is 0.505 e. The predicted octanol–water partition coefficient (Wildman–Crippen LogP) is 0.351. The zero-order valence-corrected chi connectivity index (χ0v) is 9.18. The Morgan fingerprint density at radius 3 is 2.81 bits per heavy atom. The fourth-order valence-electron chi connectivity index (χ4n) is 1.52. The molecule has 0 bridgehead atoms. The average Bonchev–Trinajstić information content (AvgIpc) is 2.33. The van der Waals surface area contributed by atoms with Crippen molar-refractivity contribution in [3.63, 3.8) is 0 Å². The highest BCUT2D eigenvalue weighted by Gasteiger charge is 2.13. The minimum atomic E-state index is -0.265. The van der Waals surface area contributed by atoms with Crippen molar-refractivity contribution < 1.29 is 9.84 Å². The number of fused-ring (bicyclic) bond motifs is 1. The molecule has 0 amide bonds. The topological polar surface area (TPSA) is 77.2 Å². The molecular formula is C10H11N3O3. The number of pyridine rings is 1. The van der Waals surface area contributed by atoms with Crippen LogP contribution >= 0.6 is 0 Å². The molecule has 2 aromatic rings. The Kier molecular flexibility index (Phi) is 2.26. The van der Waals surface area contributed by atoms with Crippen molar-refractivity contribution in [2.45, 2.75) is 6.92 Å². The Morgan fingerprint density at radius 2 is 2.19 bits per heavy atom. The van der Waals surface area contributed by atoms with E-state index in [9.17, 15) is 9.90 Å². The number of nitrogens with zero attached hydrogens (tertiary/aromatic N) is 3. The number of aryl methyl sites for hydroxylation is 1. The SMILES string of the molecule is COc1ncc2c(n1)c(O)c(C)c(=O)n2C. The first-order chi connectivity index (χ1) is 7.56. The van der Waals surface area contributed by atoms with Crippen LogP contribution in [0.5, 0.6) is 11.8 Å². The lowest BCUT2D eigenvalue weighted by molar-refractivity contribution is 0.380. The molecular weight excluding hydrogens is 210 g/mol. The minimum absolute atomic E-state index is 0.126. The van der Waals surface area contributed by atoms with E-state index in [-0.39, 0.29) is 22.9 Å². The van der Waals surface area contributed by atoms with Crippen molar-refractivity contribution in [2.24, 2.45) is 7.05 Å². The van der Waals surface area contributed by atoms with Gasteiger partial charge in [0.15, 0.2) is 5.75 Å². The van der Waals surface area contributed by atoms with Crippen LogP contribution in [0.3, 0.4) is 0 Å². The van der Waals surface area contributed by atoms with E-state index in [0.29, 0.717) is 11.0 Å². The third-order valence-electron chi connectivity index (χ3n) is 2.50. The van der Waals surface area contributed by atoms with Crippen molar-refractivity contribution in [3.8, 4) is 11.8 Å². The monoisotopic (exact) mass is 221 g/mol. The Labute approximate surface area is 91.1 Å². The molecule has 0 aliphatic rings. The van der Waals surface area contributed by atoms with Gasteiger partial charge in [0.05, 0.1) is 24.4 Å². The van der Waals surface area contributed by atoms with Crippen LogP contribution < -0.4 is 10.3 Å². The summed E-state index contributed by atoms with van der Waals surface area (Å²) in [5.74, 6) is -0.126. The molecule has 0 aromatic carbocycles. The summed E-state index contributed by atoms with van der Waals surface area (Å²) in [5, 5.41) is 9.82. The van der Waals surface area contributed by atoms with Gasteiger partial charge in [0.1, 0.15) is 5.52 Å². The van der Waals surface area contributed by atoms with Crippen LogP contribution in [0.4, 0.5) is 0 Å². The Hall–Kier alpha value is -2.11. The number of aromatic hydroxyl groups is 1. The maximum absolute atomic E-state index is 11.7. The molecule has 84 valence electrons. The molecule has 6 heteroatoms. The summed E-state index contributed by atoms with van der Waals surface area (Å²) in [6.07, 6.45) is 1.45. The second-order valence-electron chi connectivity index (χ2n) is 3.43. The Bertz CT molecular complexity index is 619. The first-order valence-electron chi connectivity index (χ1n) is 4.65. The van der Waals surface area contributed by atoms with E-state index in [0.717, 1.165) is 0 Å². The van der Waals surface area contributed by atoms with Crippen LogP contribution in [0.25, 0.3) is 11.0 Å². The van der Waals surface area contributed by atoms with Gasteiger partial charge in [0, 0.05) is 7.05 Å². The highest BCUT2D eigenvalue weighted by molar-refractivity contribution is 5.81. The van der Waals surface area contributed by atoms with Crippen molar-refractivity contribution in [1.82, 2.24) is 14.5 Å². The lowest BCUT2D eigenvalue weighted by Crippen LogP contribution is -2.20. The Morgan fingerprint density at radius 1 is 1.50 bits per heavy atom. The van der Waals surface area contributed by atoms with Gasteiger partial charge in [0.2, 0.25) is 0 Å². The molecule has 2 rings (SSSR count). The van der Waals surface area contributed by atoms with Gasteiger partial charge >= 0.3 is 6.01 Å². The molecule has 0 unspecified atom stereocenters. The van der Waals surface area contributed by atoms with Crippen LogP contribution in [0.2, 0.25) is 0 Å². The number of hydrogen-bond acceptors (Lipinski definition) is 5. The summed E-state index contributed by atoms with van der Waals surface area (Å²) >= 11 is 0. The quantitative estimate of drug-likeness (QED) is 0.751. The van der Waals surface area contributed by atoms with Gasteiger partial charge in [-0.1, -0.05) is 0 Å². The maximum Gasteiger partial charge on any atom is 0.316 e. The van der Waals surface area contributed by atoms with E-state index in [2.05, 4.69) is 9.97 Å². The van der Waals surface area contributed by atoms with Gasteiger partial charge < -0.3 is 14.4 Å². The fourth-order valence-corrected chi connectivity index (χ4v) is 1.52. The van der Waals surface area contributed by atoms with Crippen molar-refractivity contribution >= 4 is 11.0 Å². The summed E-state index contributed by atoms with van der Waals surface area (Å²) in [7, 11) is 3.04. The van der Waals surface area contributed by atoms with E-state index < -0.39 is 0 Å². The van der Waals surface area contributed by atoms with Crippen LogP contribution in [0.15, 0.2) is 11.0 Å². The van der Waals surface area contributed by atoms with E-state index in [4.69, 9.17) is 4.74 Å². The zero-order chi connectivity index (χ0) is 11.9. The number of methoxy groups -OCH3 is 1. The van der Waals surface area contributed by atoms with Crippen LogP contribution in [0.1, 0.15) is 5.56 Å². The summed E-state index contributed by atoms with van der Waals surface area (Å²) in [5.41, 5.74) is 0.773. The molecule has 0 saturated carbocycles.